The predicted molar refractivity (Wildman–Crippen MR) is 83.1 cm³/mol. The van der Waals surface area contributed by atoms with Gasteiger partial charge in [0, 0.05) is 6.04 Å². The van der Waals surface area contributed by atoms with E-state index in [2.05, 4.69) is 22.5 Å². The molecule has 1 fully saturated rings. The van der Waals surface area contributed by atoms with Crippen molar-refractivity contribution in [2.75, 3.05) is 0 Å². The number of aromatic nitrogens is 2. The molecule has 20 heavy (non-hydrogen) atoms. The van der Waals surface area contributed by atoms with E-state index in [-0.39, 0.29) is 0 Å². The van der Waals surface area contributed by atoms with E-state index in [1.54, 1.807) is 0 Å². The molecule has 1 aromatic carbocycles. The van der Waals surface area contributed by atoms with Gasteiger partial charge in [-0.25, -0.2) is 0 Å². The van der Waals surface area contributed by atoms with Crippen molar-refractivity contribution in [3.8, 4) is 6.07 Å². The van der Waals surface area contributed by atoms with Crippen LogP contribution in [0.4, 0.5) is 0 Å². The number of nitriles is 1. The second kappa shape index (κ2) is 5.41. The number of aromatic amines is 1. The van der Waals surface area contributed by atoms with Gasteiger partial charge in [-0.2, -0.15) is 5.26 Å². The summed E-state index contributed by atoms with van der Waals surface area (Å²) in [5.74, 6) is 0.695. The topological polar surface area (TPSA) is 44.5 Å². The molecule has 1 N–H and O–H groups in total. The molecule has 0 amide bonds. The summed E-state index contributed by atoms with van der Waals surface area (Å²) in [6, 6.07) is 8.47. The highest BCUT2D eigenvalue weighted by Crippen LogP contribution is 2.38. The van der Waals surface area contributed by atoms with Gasteiger partial charge in [0.2, 0.25) is 0 Å². The molecule has 0 spiro atoms. The van der Waals surface area contributed by atoms with Crippen LogP contribution in [-0.2, 0) is 0 Å². The molecule has 3 rings (SSSR count). The molecule has 1 heterocycles. The minimum absolute atomic E-state index is 0.476. The number of fused-ring (bicyclic) bond motifs is 1. The number of hydrogen-bond acceptors (Lipinski definition) is 2. The Balaban J connectivity index is 2.16. The molecule has 2 unspecified atom stereocenters. The van der Waals surface area contributed by atoms with Gasteiger partial charge in [-0.3, -0.25) is 0 Å². The van der Waals surface area contributed by atoms with Gasteiger partial charge in [-0.15, -0.1) is 0 Å². The zero-order valence-electron chi connectivity index (χ0n) is 11.7. The number of imidazole rings is 1. The second-order valence-corrected chi connectivity index (χ2v) is 6.05. The van der Waals surface area contributed by atoms with Crippen LogP contribution in [0.5, 0.6) is 0 Å². The van der Waals surface area contributed by atoms with Crippen molar-refractivity contribution in [3.63, 3.8) is 0 Å². The molecule has 3 nitrogen and oxygen atoms in total. The lowest BCUT2D eigenvalue weighted by atomic mass is 9.82. The Morgan fingerprint density at radius 2 is 2.20 bits per heavy atom. The molecule has 4 heteroatoms. The average molecular weight is 285 g/mol. The summed E-state index contributed by atoms with van der Waals surface area (Å²) in [5.41, 5.74) is 2.82. The van der Waals surface area contributed by atoms with Crippen LogP contribution in [0.3, 0.4) is 0 Å². The first kappa shape index (κ1) is 13.4. The number of nitrogens with one attached hydrogen (secondary N) is 1. The first-order valence-electron chi connectivity index (χ1n) is 7.39. The van der Waals surface area contributed by atoms with Crippen LogP contribution in [0, 0.1) is 22.0 Å². The van der Waals surface area contributed by atoms with E-state index in [0.717, 1.165) is 15.8 Å². The molecule has 0 saturated heterocycles. The Bertz CT molecular complexity index is 719. The van der Waals surface area contributed by atoms with Crippen LogP contribution >= 0.6 is 12.2 Å². The highest BCUT2D eigenvalue weighted by molar-refractivity contribution is 7.71. The van der Waals surface area contributed by atoms with Crippen molar-refractivity contribution in [2.24, 2.45) is 5.92 Å². The maximum absolute atomic E-state index is 9.11. The maximum Gasteiger partial charge on any atom is 0.178 e. The lowest BCUT2D eigenvalue weighted by Gasteiger charge is -2.32. The molecule has 2 atom stereocenters. The molecular weight excluding hydrogens is 266 g/mol. The van der Waals surface area contributed by atoms with E-state index in [1.165, 1.54) is 32.1 Å². The molecule has 104 valence electrons. The summed E-state index contributed by atoms with van der Waals surface area (Å²) in [5, 5.41) is 9.11. The van der Waals surface area contributed by atoms with Crippen molar-refractivity contribution < 1.29 is 0 Å². The van der Waals surface area contributed by atoms with Gasteiger partial charge in [0.15, 0.2) is 4.77 Å². The first-order valence-corrected chi connectivity index (χ1v) is 7.79. The monoisotopic (exact) mass is 285 g/mol. The molecule has 2 aromatic rings. The van der Waals surface area contributed by atoms with Crippen LogP contribution in [0.1, 0.15) is 50.6 Å². The van der Waals surface area contributed by atoms with Gasteiger partial charge in [-0.1, -0.05) is 26.2 Å². The van der Waals surface area contributed by atoms with Gasteiger partial charge in [0.05, 0.1) is 22.7 Å². The Morgan fingerprint density at radius 3 is 2.95 bits per heavy atom. The van der Waals surface area contributed by atoms with Gasteiger partial charge >= 0.3 is 0 Å². The summed E-state index contributed by atoms with van der Waals surface area (Å²) < 4.78 is 3.05. The highest BCUT2D eigenvalue weighted by Gasteiger charge is 2.26. The standard InChI is InChI=1S/C16H19N3S/c1-2-12-5-3-4-6-14(12)19-15-9-11(10-17)7-8-13(15)18-16(19)20/h7-9,12,14H,2-6H2,1H3,(H,18,20). The number of rotatable bonds is 2. The second-order valence-electron chi connectivity index (χ2n) is 5.66. The molecule has 0 radical (unpaired) electrons. The third-order valence-corrected chi connectivity index (χ3v) is 4.87. The molecule has 1 aromatic heterocycles. The summed E-state index contributed by atoms with van der Waals surface area (Å²) >= 11 is 5.54. The maximum atomic E-state index is 9.11. The van der Waals surface area contributed by atoms with Gasteiger partial charge in [-0.05, 0) is 49.2 Å². The summed E-state index contributed by atoms with van der Waals surface area (Å²) in [7, 11) is 0. The van der Waals surface area contributed by atoms with E-state index >= 15 is 0 Å². The Hall–Kier alpha value is -1.60. The molecule has 1 aliphatic rings. The summed E-state index contributed by atoms with van der Waals surface area (Å²) in [4.78, 5) is 3.29. The van der Waals surface area contributed by atoms with Crippen molar-refractivity contribution in [1.29, 1.82) is 5.26 Å². The zero-order chi connectivity index (χ0) is 14.1. The molecule has 0 aliphatic heterocycles. The van der Waals surface area contributed by atoms with Crippen molar-refractivity contribution in [1.82, 2.24) is 9.55 Å². The van der Waals surface area contributed by atoms with Gasteiger partial charge in [0.1, 0.15) is 0 Å². The van der Waals surface area contributed by atoms with Crippen LogP contribution in [0.15, 0.2) is 18.2 Å². The van der Waals surface area contributed by atoms with Crippen LogP contribution in [-0.4, -0.2) is 9.55 Å². The SMILES string of the molecule is CCC1CCCCC1n1c(=S)[nH]c2ccc(C#N)cc21. The van der Waals surface area contributed by atoms with Crippen molar-refractivity contribution >= 4 is 23.3 Å². The molecule has 1 aliphatic carbocycles. The van der Waals surface area contributed by atoms with Crippen molar-refractivity contribution in [2.45, 2.75) is 45.1 Å². The lowest BCUT2D eigenvalue weighted by molar-refractivity contribution is 0.235. The Morgan fingerprint density at radius 1 is 1.40 bits per heavy atom. The summed E-state index contributed by atoms with van der Waals surface area (Å²) in [6.07, 6.45) is 6.27. The average Bonchev–Trinajstić information content (AvgIpc) is 2.81. The van der Waals surface area contributed by atoms with Crippen molar-refractivity contribution in [3.05, 3.63) is 28.5 Å². The Labute approximate surface area is 124 Å². The van der Waals surface area contributed by atoms with Crippen LogP contribution in [0.25, 0.3) is 11.0 Å². The fourth-order valence-electron chi connectivity index (χ4n) is 3.52. The van der Waals surface area contributed by atoms with E-state index < -0.39 is 0 Å². The molecule has 0 bridgehead atoms. The Kier molecular flexibility index (Phi) is 3.62. The molecule has 1 saturated carbocycles. The zero-order valence-corrected chi connectivity index (χ0v) is 12.5. The number of benzene rings is 1. The van der Waals surface area contributed by atoms with Gasteiger partial charge in [0.25, 0.3) is 0 Å². The van der Waals surface area contributed by atoms with E-state index in [4.69, 9.17) is 17.5 Å². The number of H-pyrrole nitrogens is 1. The van der Waals surface area contributed by atoms with E-state index in [0.29, 0.717) is 17.5 Å². The summed E-state index contributed by atoms with van der Waals surface area (Å²) in [6.45, 7) is 2.27. The predicted octanol–water partition coefficient (Wildman–Crippen LogP) is 4.71. The van der Waals surface area contributed by atoms with Crippen LogP contribution in [0.2, 0.25) is 0 Å². The third-order valence-electron chi connectivity index (χ3n) is 4.57. The van der Waals surface area contributed by atoms with Crippen LogP contribution < -0.4 is 0 Å². The first-order chi connectivity index (χ1) is 9.74. The highest BCUT2D eigenvalue weighted by atomic mass is 32.1. The fourth-order valence-corrected chi connectivity index (χ4v) is 3.87. The van der Waals surface area contributed by atoms with Gasteiger partial charge < -0.3 is 9.55 Å². The normalized spacial score (nSPS) is 22.8. The lowest BCUT2D eigenvalue weighted by Crippen LogP contribution is -2.22. The third kappa shape index (κ3) is 2.16. The minimum Gasteiger partial charge on any atom is -0.331 e. The number of nitrogens with zero attached hydrogens (tertiary/aromatic N) is 2. The number of hydrogen-bond donors (Lipinski definition) is 1. The van der Waals surface area contributed by atoms with E-state index in [9.17, 15) is 0 Å². The largest absolute Gasteiger partial charge is 0.331 e. The minimum atomic E-state index is 0.476. The quantitative estimate of drug-likeness (QED) is 0.812. The molecular formula is C16H19N3S. The fraction of sp³-hybridized carbons (Fsp3) is 0.500. The van der Waals surface area contributed by atoms with E-state index in [1.807, 2.05) is 18.2 Å². The smallest absolute Gasteiger partial charge is 0.178 e.